The lowest BCUT2D eigenvalue weighted by molar-refractivity contribution is 0.0245. The Morgan fingerprint density at radius 3 is 2.50 bits per heavy atom. The minimum absolute atomic E-state index is 0.107. The van der Waals surface area contributed by atoms with Crippen molar-refractivity contribution < 1.29 is 13.7 Å². The lowest BCUT2D eigenvalue weighted by Crippen LogP contribution is -2.37. The molecule has 9 nitrogen and oxygen atoms in total. The number of hydrogen-bond acceptors (Lipinski definition) is 8. The van der Waals surface area contributed by atoms with E-state index in [1.165, 1.54) is 0 Å². The molecule has 4 heterocycles. The Hall–Kier alpha value is -3.14. The third kappa shape index (κ3) is 4.66. The van der Waals surface area contributed by atoms with Crippen LogP contribution in [0.4, 0.5) is 5.82 Å². The van der Waals surface area contributed by atoms with E-state index >= 15 is 0 Å². The van der Waals surface area contributed by atoms with Gasteiger partial charge in [-0.2, -0.15) is 0 Å². The van der Waals surface area contributed by atoms with Gasteiger partial charge in [0.2, 0.25) is 0 Å². The molecule has 0 bridgehead atoms. The third-order valence-electron chi connectivity index (χ3n) is 6.63. The molecular weight excluding hydrogens is 505 g/mol. The molecule has 0 atom stereocenters. The van der Waals surface area contributed by atoms with Crippen molar-refractivity contribution in [2.24, 2.45) is 0 Å². The predicted octanol–water partition coefficient (Wildman–Crippen LogP) is 5.45. The van der Waals surface area contributed by atoms with E-state index in [2.05, 4.69) is 25.2 Å². The van der Waals surface area contributed by atoms with Crippen LogP contribution < -0.4 is 10.7 Å². The first-order valence-corrected chi connectivity index (χ1v) is 12.6. The van der Waals surface area contributed by atoms with Crippen LogP contribution in [-0.2, 0) is 11.3 Å². The Balaban J connectivity index is 1.11. The van der Waals surface area contributed by atoms with Crippen LogP contribution in [-0.4, -0.2) is 39.5 Å². The fraction of sp³-hybridized carbons (Fsp3) is 0.360. The average molecular weight is 528 g/mol. The highest BCUT2D eigenvalue weighted by Gasteiger charge is 2.34. The molecule has 6 rings (SSSR count). The zero-order valence-corrected chi connectivity index (χ0v) is 20.8. The fourth-order valence-corrected chi connectivity index (χ4v) is 5.13. The number of halogens is 2. The number of nitrogens with one attached hydrogen (secondary N) is 1. The van der Waals surface area contributed by atoms with Gasteiger partial charge in [0.25, 0.3) is 5.89 Å². The molecule has 1 saturated carbocycles. The van der Waals surface area contributed by atoms with Gasteiger partial charge in [0.05, 0.1) is 28.3 Å². The van der Waals surface area contributed by atoms with Crippen molar-refractivity contribution in [3.8, 4) is 22.7 Å². The number of nitrogens with zero attached hydrogens (tertiary/aromatic N) is 4. The summed E-state index contributed by atoms with van der Waals surface area (Å²) in [5, 5.41) is 11.5. The number of aromatic amines is 1. The SMILES string of the molecule is O=c1[nH]nc(-c2ccc(N3CCC(OCc4c(-c5c(Cl)cccc5Cl)noc4C4CC4)CC3)nc2)o1. The van der Waals surface area contributed by atoms with Crippen molar-refractivity contribution >= 4 is 29.0 Å². The zero-order valence-electron chi connectivity index (χ0n) is 19.2. The molecular formula is C25H23Cl2N5O4. The second kappa shape index (κ2) is 9.72. The molecule has 11 heteroatoms. The highest BCUT2D eigenvalue weighted by molar-refractivity contribution is 6.39. The molecule has 0 radical (unpaired) electrons. The van der Waals surface area contributed by atoms with Crippen LogP contribution in [0.15, 0.2) is 50.3 Å². The van der Waals surface area contributed by atoms with E-state index in [-0.39, 0.29) is 12.0 Å². The molecule has 1 saturated heterocycles. The van der Waals surface area contributed by atoms with E-state index in [9.17, 15) is 4.79 Å². The van der Waals surface area contributed by atoms with Gasteiger partial charge in [0.15, 0.2) is 0 Å². The Bertz CT molecular complexity index is 1400. The van der Waals surface area contributed by atoms with Gasteiger partial charge in [-0.05, 0) is 49.9 Å². The van der Waals surface area contributed by atoms with Crippen molar-refractivity contribution in [2.75, 3.05) is 18.0 Å². The largest absolute Gasteiger partial charge is 0.434 e. The first kappa shape index (κ1) is 23.3. The molecule has 186 valence electrons. The molecule has 4 aromatic rings. The molecule has 1 aliphatic heterocycles. The van der Waals surface area contributed by atoms with Crippen molar-refractivity contribution in [3.05, 3.63) is 68.4 Å². The lowest BCUT2D eigenvalue weighted by Gasteiger charge is -2.32. The van der Waals surface area contributed by atoms with Gasteiger partial charge >= 0.3 is 5.76 Å². The Kier molecular flexibility index (Phi) is 6.29. The van der Waals surface area contributed by atoms with Crippen LogP contribution in [0, 0.1) is 0 Å². The summed E-state index contributed by atoms with van der Waals surface area (Å²) >= 11 is 12.9. The van der Waals surface area contributed by atoms with Gasteiger partial charge in [-0.1, -0.05) is 34.4 Å². The number of ether oxygens (including phenoxy) is 1. The standard InChI is InChI=1S/C25H23Cl2N5O4/c26-18-2-1-3-19(27)21(18)22-17(23(36-31-22)14-4-5-14)13-34-16-8-10-32(11-9-16)20-7-6-15(12-28-20)24-29-30-25(33)35-24/h1-3,6-7,12,14,16H,4-5,8-11,13H2,(H,30,33). The highest BCUT2D eigenvalue weighted by atomic mass is 35.5. The molecule has 2 aliphatic rings. The van der Waals surface area contributed by atoms with Gasteiger partial charge in [0.1, 0.15) is 17.3 Å². The average Bonchev–Trinajstić information content (AvgIpc) is 3.51. The number of piperidine rings is 1. The summed E-state index contributed by atoms with van der Waals surface area (Å²) in [5.74, 6) is 1.77. The normalized spacial score (nSPS) is 16.6. The number of benzene rings is 1. The minimum atomic E-state index is -0.589. The first-order chi connectivity index (χ1) is 17.6. The second-order valence-corrected chi connectivity index (χ2v) is 9.88. The topological polar surface area (TPSA) is 110 Å². The van der Waals surface area contributed by atoms with Crippen LogP contribution in [0.5, 0.6) is 0 Å². The van der Waals surface area contributed by atoms with Gasteiger partial charge in [-0.15, -0.1) is 5.10 Å². The number of pyridine rings is 1. The molecule has 1 aliphatic carbocycles. The maximum Gasteiger partial charge on any atom is 0.434 e. The minimum Gasteiger partial charge on any atom is -0.388 e. The summed E-state index contributed by atoms with van der Waals surface area (Å²) in [6.07, 6.45) is 5.68. The van der Waals surface area contributed by atoms with Crippen LogP contribution in [0.2, 0.25) is 10.0 Å². The van der Waals surface area contributed by atoms with Gasteiger partial charge in [0, 0.05) is 36.3 Å². The Labute approximate surface area is 216 Å². The molecule has 1 aromatic carbocycles. The molecule has 0 unspecified atom stereocenters. The Morgan fingerprint density at radius 1 is 1.08 bits per heavy atom. The van der Waals surface area contributed by atoms with Gasteiger partial charge in [-0.25, -0.2) is 14.9 Å². The number of hydrogen-bond donors (Lipinski definition) is 1. The molecule has 0 spiro atoms. The van der Waals surface area contributed by atoms with E-state index in [1.54, 1.807) is 18.3 Å². The summed E-state index contributed by atoms with van der Waals surface area (Å²) < 4.78 is 17.1. The highest BCUT2D eigenvalue weighted by Crippen LogP contribution is 2.46. The summed E-state index contributed by atoms with van der Waals surface area (Å²) in [6.45, 7) is 2.03. The number of anilines is 1. The molecule has 36 heavy (non-hydrogen) atoms. The van der Waals surface area contributed by atoms with Crippen LogP contribution in [0.3, 0.4) is 0 Å². The maximum atomic E-state index is 11.2. The van der Waals surface area contributed by atoms with Crippen LogP contribution in [0.25, 0.3) is 22.7 Å². The maximum absolute atomic E-state index is 11.2. The van der Waals surface area contributed by atoms with Crippen LogP contribution in [0.1, 0.15) is 42.9 Å². The summed E-state index contributed by atoms with van der Waals surface area (Å²) in [4.78, 5) is 17.9. The summed E-state index contributed by atoms with van der Waals surface area (Å²) in [5.41, 5.74) is 2.94. The zero-order chi connectivity index (χ0) is 24.6. The lowest BCUT2D eigenvalue weighted by atomic mass is 10.0. The van der Waals surface area contributed by atoms with E-state index in [1.807, 2.05) is 18.2 Å². The van der Waals surface area contributed by atoms with Crippen LogP contribution >= 0.6 is 23.2 Å². The van der Waals surface area contributed by atoms with E-state index in [4.69, 9.17) is 36.9 Å². The molecule has 0 amide bonds. The quantitative estimate of drug-likeness (QED) is 0.337. The monoisotopic (exact) mass is 527 g/mol. The Morgan fingerprint density at radius 2 is 1.86 bits per heavy atom. The first-order valence-electron chi connectivity index (χ1n) is 11.9. The summed E-state index contributed by atoms with van der Waals surface area (Å²) in [7, 11) is 0. The number of rotatable bonds is 7. The molecule has 1 N–H and O–H groups in total. The van der Waals surface area contributed by atoms with E-state index in [0.29, 0.717) is 39.4 Å². The van der Waals surface area contributed by atoms with E-state index in [0.717, 1.165) is 55.9 Å². The smallest absolute Gasteiger partial charge is 0.388 e. The summed E-state index contributed by atoms with van der Waals surface area (Å²) in [6, 6.07) is 9.18. The van der Waals surface area contributed by atoms with E-state index < -0.39 is 5.76 Å². The van der Waals surface area contributed by atoms with Crippen molar-refractivity contribution in [1.29, 1.82) is 0 Å². The van der Waals surface area contributed by atoms with Crippen molar-refractivity contribution in [2.45, 2.75) is 44.3 Å². The second-order valence-electron chi connectivity index (χ2n) is 9.07. The number of aromatic nitrogens is 4. The molecule has 2 fully saturated rings. The predicted molar refractivity (Wildman–Crippen MR) is 134 cm³/mol. The van der Waals surface area contributed by atoms with Gasteiger partial charge < -0.3 is 18.6 Å². The van der Waals surface area contributed by atoms with Crippen molar-refractivity contribution in [1.82, 2.24) is 20.3 Å². The van der Waals surface area contributed by atoms with Gasteiger partial charge in [-0.3, -0.25) is 0 Å². The number of H-pyrrole nitrogens is 1. The van der Waals surface area contributed by atoms with Crippen molar-refractivity contribution in [3.63, 3.8) is 0 Å². The molecule has 3 aromatic heterocycles. The fourth-order valence-electron chi connectivity index (χ4n) is 4.55. The third-order valence-corrected chi connectivity index (χ3v) is 7.26.